The Morgan fingerprint density at radius 1 is 1.12 bits per heavy atom. The van der Waals surface area contributed by atoms with Crippen molar-refractivity contribution in [3.63, 3.8) is 0 Å². The van der Waals surface area contributed by atoms with Crippen LogP contribution < -0.4 is 4.72 Å². The summed E-state index contributed by atoms with van der Waals surface area (Å²) in [5.74, 6) is 0.0140. The predicted octanol–water partition coefficient (Wildman–Crippen LogP) is 2.70. The van der Waals surface area contributed by atoms with Crippen molar-refractivity contribution in [2.75, 3.05) is 13.1 Å². The van der Waals surface area contributed by atoms with Crippen LogP contribution in [0.3, 0.4) is 0 Å². The van der Waals surface area contributed by atoms with Gasteiger partial charge in [-0.05, 0) is 56.6 Å². The molecule has 1 saturated carbocycles. The molecule has 3 aliphatic rings. The van der Waals surface area contributed by atoms with E-state index >= 15 is 0 Å². The summed E-state index contributed by atoms with van der Waals surface area (Å²) in [7, 11) is -3.35. The van der Waals surface area contributed by atoms with Crippen molar-refractivity contribution in [2.45, 2.75) is 69.1 Å². The SMILES string of the molecule is O=C(c1cc2c(s1)CCC2)N1CCCC(S(=O)(=O)NC2CCCC2)C1. The predicted molar refractivity (Wildman–Crippen MR) is 99.6 cm³/mol. The van der Waals surface area contributed by atoms with Gasteiger partial charge in [-0.3, -0.25) is 4.79 Å². The Hall–Kier alpha value is -0.920. The highest BCUT2D eigenvalue weighted by Gasteiger charge is 2.35. The monoisotopic (exact) mass is 382 g/mol. The van der Waals surface area contributed by atoms with Crippen LogP contribution in [0.15, 0.2) is 6.07 Å². The maximum atomic E-state index is 12.8. The molecule has 2 heterocycles. The van der Waals surface area contributed by atoms with Gasteiger partial charge in [0.25, 0.3) is 5.91 Å². The van der Waals surface area contributed by atoms with Crippen molar-refractivity contribution in [1.29, 1.82) is 0 Å². The molecule has 0 spiro atoms. The number of carbonyl (C=O) groups is 1. The number of hydrogen-bond acceptors (Lipinski definition) is 4. The number of nitrogens with zero attached hydrogens (tertiary/aromatic N) is 1. The average Bonchev–Trinajstić information content (AvgIpc) is 3.30. The van der Waals surface area contributed by atoms with Gasteiger partial charge in [0.1, 0.15) is 0 Å². The van der Waals surface area contributed by atoms with Gasteiger partial charge in [-0.1, -0.05) is 12.8 Å². The number of hydrogen-bond donors (Lipinski definition) is 1. The second kappa shape index (κ2) is 7.00. The lowest BCUT2D eigenvalue weighted by molar-refractivity contribution is 0.0731. The first-order chi connectivity index (χ1) is 12.0. The summed E-state index contributed by atoms with van der Waals surface area (Å²) in [6, 6.07) is 2.13. The Bertz CT molecular complexity index is 729. The molecule has 1 aromatic rings. The molecule has 1 amide bonds. The fourth-order valence-corrected chi connectivity index (χ4v) is 7.31. The summed E-state index contributed by atoms with van der Waals surface area (Å²) in [4.78, 5) is 16.7. The molecule has 2 aliphatic carbocycles. The number of carbonyl (C=O) groups excluding carboxylic acids is 1. The lowest BCUT2D eigenvalue weighted by Crippen LogP contribution is -2.49. The first-order valence-electron chi connectivity index (χ1n) is 9.45. The smallest absolute Gasteiger partial charge is 0.263 e. The molecule has 0 bridgehead atoms. The molecule has 1 aliphatic heterocycles. The molecule has 1 N–H and O–H groups in total. The molecule has 4 rings (SSSR count). The van der Waals surface area contributed by atoms with E-state index in [1.807, 2.05) is 6.07 Å². The van der Waals surface area contributed by atoms with E-state index in [4.69, 9.17) is 0 Å². The van der Waals surface area contributed by atoms with E-state index in [9.17, 15) is 13.2 Å². The topological polar surface area (TPSA) is 66.5 Å². The van der Waals surface area contributed by atoms with Gasteiger partial charge in [-0.2, -0.15) is 0 Å². The standard InChI is InChI=1S/C18H26N2O3S2/c21-18(17-11-13-5-3-9-16(13)24-17)20-10-4-8-15(12-20)25(22,23)19-14-6-1-2-7-14/h11,14-15,19H,1-10,12H2. The molecule has 1 unspecified atom stereocenters. The van der Waals surface area contributed by atoms with Crippen LogP contribution in [0.25, 0.3) is 0 Å². The lowest BCUT2D eigenvalue weighted by Gasteiger charge is -2.32. The van der Waals surface area contributed by atoms with Gasteiger partial charge in [-0.15, -0.1) is 11.3 Å². The first kappa shape index (κ1) is 17.5. The first-order valence-corrected chi connectivity index (χ1v) is 11.8. The summed E-state index contributed by atoms with van der Waals surface area (Å²) in [5.41, 5.74) is 1.32. The quantitative estimate of drug-likeness (QED) is 0.871. The van der Waals surface area contributed by atoms with Gasteiger partial charge >= 0.3 is 0 Å². The third-order valence-corrected chi connectivity index (χ3v) is 8.90. The molecule has 2 fully saturated rings. The molecule has 0 radical (unpaired) electrons. The number of nitrogens with one attached hydrogen (secondary N) is 1. The van der Waals surface area contributed by atoms with E-state index in [2.05, 4.69) is 4.72 Å². The van der Waals surface area contributed by atoms with Crippen LogP contribution in [0.5, 0.6) is 0 Å². The van der Waals surface area contributed by atoms with Crippen molar-refractivity contribution in [3.8, 4) is 0 Å². The molecule has 5 nitrogen and oxygen atoms in total. The minimum absolute atomic E-state index is 0.0140. The number of amides is 1. The summed E-state index contributed by atoms with van der Waals surface area (Å²) in [6.07, 6.45) is 8.82. The number of rotatable bonds is 4. The van der Waals surface area contributed by atoms with E-state index in [1.54, 1.807) is 16.2 Å². The Labute approximate surface area is 153 Å². The van der Waals surface area contributed by atoms with Gasteiger partial charge in [0.2, 0.25) is 10.0 Å². The van der Waals surface area contributed by atoms with E-state index < -0.39 is 15.3 Å². The fraction of sp³-hybridized carbons (Fsp3) is 0.722. The molecule has 7 heteroatoms. The Kier molecular flexibility index (Phi) is 4.90. The number of likely N-dealkylation sites (tertiary alicyclic amines) is 1. The molecular formula is C18H26N2O3S2. The summed E-state index contributed by atoms with van der Waals surface area (Å²) >= 11 is 1.60. The van der Waals surface area contributed by atoms with Crippen molar-refractivity contribution in [2.24, 2.45) is 0 Å². The second-order valence-corrected chi connectivity index (χ2v) is 10.7. The van der Waals surface area contributed by atoms with Gasteiger partial charge in [-0.25, -0.2) is 13.1 Å². The van der Waals surface area contributed by atoms with Crippen molar-refractivity contribution >= 4 is 27.3 Å². The Morgan fingerprint density at radius 3 is 2.68 bits per heavy atom. The zero-order valence-electron chi connectivity index (χ0n) is 14.5. The highest BCUT2D eigenvalue weighted by Crippen LogP contribution is 2.32. The van der Waals surface area contributed by atoms with E-state index in [1.165, 1.54) is 16.9 Å². The molecule has 0 aromatic carbocycles. The third-order valence-electron chi connectivity index (χ3n) is 5.75. The van der Waals surface area contributed by atoms with Crippen molar-refractivity contribution < 1.29 is 13.2 Å². The van der Waals surface area contributed by atoms with Crippen molar-refractivity contribution in [3.05, 3.63) is 21.4 Å². The average molecular weight is 383 g/mol. The van der Waals surface area contributed by atoms with E-state index in [0.717, 1.165) is 49.8 Å². The highest BCUT2D eigenvalue weighted by atomic mass is 32.2. The number of fused-ring (bicyclic) bond motifs is 1. The summed E-state index contributed by atoms with van der Waals surface area (Å²) < 4.78 is 28.3. The van der Waals surface area contributed by atoms with Gasteiger partial charge in [0.05, 0.1) is 10.1 Å². The summed E-state index contributed by atoms with van der Waals surface area (Å²) in [6.45, 7) is 0.986. The fourth-order valence-electron chi connectivity index (χ4n) is 4.34. The highest BCUT2D eigenvalue weighted by molar-refractivity contribution is 7.90. The third kappa shape index (κ3) is 3.64. The van der Waals surface area contributed by atoms with Crippen LogP contribution in [0.1, 0.15) is 65.1 Å². The van der Waals surface area contributed by atoms with Gasteiger partial charge in [0, 0.05) is 24.0 Å². The van der Waals surface area contributed by atoms with Crippen molar-refractivity contribution in [1.82, 2.24) is 9.62 Å². The van der Waals surface area contributed by atoms with Gasteiger partial charge in [0.15, 0.2) is 0 Å². The number of sulfonamides is 1. The van der Waals surface area contributed by atoms with Crippen LogP contribution in [0.2, 0.25) is 0 Å². The minimum Gasteiger partial charge on any atom is -0.337 e. The zero-order chi connectivity index (χ0) is 17.4. The molecule has 1 atom stereocenters. The van der Waals surface area contributed by atoms with Crippen LogP contribution in [-0.2, 0) is 22.9 Å². The lowest BCUT2D eigenvalue weighted by atomic mass is 10.1. The number of aryl methyl sites for hydroxylation is 2. The van der Waals surface area contributed by atoms with Crippen LogP contribution in [-0.4, -0.2) is 43.6 Å². The maximum Gasteiger partial charge on any atom is 0.263 e. The van der Waals surface area contributed by atoms with Crippen LogP contribution >= 0.6 is 11.3 Å². The molecule has 138 valence electrons. The van der Waals surface area contributed by atoms with Gasteiger partial charge < -0.3 is 4.90 Å². The van der Waals surface area contributed by atoms with E-state index in [-0.39, 0.29) is 11.9 Å². The molecule has 1 saturated heterocycles. The van der Waals surface area contributed by atoms with Crippen LogP contribution in [0, 0.1) is 0 Å². The second-order valence-electron chi connectivity index (χ2n) is 7.57. The number of thiophene rings is 1. The Balaban J connectivity index is 1.43. The molecule has 1 aromatic heterocycles. The van der Waals surface area contributed by atoms with Crippen LogP contribution in [0.4, 0.5) is 0 Å². The zero-order valence-corrected chi connectivity index (χ0v) is 16.1. The largest absolute Gasteiger partial charge is 0.337 e. The normalized spacial score (nSPS) is 24.6. The Morgan fingerprint density at radius 2 is 1.92 bits per heavy atom. The summed E-state index contributed by atoms with van der Waals surface area (Å²) in [5, 5.41) is -0.474. The molecular weight excluding hydrogens is 356 g/mol. The maximum absolute atomic E-state index is 12.8. The molecule has 25 heavy (non-hydrogen) atoms. The number of piperidine rings is 1. The van der Waals surface area contributed by atoms with E-state index in [0.29, 0.717) is 19.5 Å². The minimum atomic E-state index is -3.35.